The highest BCUT2D eigenvalue weighted by atomic mass is 32.2. The maximum atomic E-state index is 12.5. The topological polar surface area (TPSA) is 46.3 Å². The van der Waals surface area contributed by atoms with Crippen LogP contribution >= 0.6 is 11.8 Å². The maximum absolute atomic E-state index is 12.5. The van der Waals surface area contributed by atoms with Crippen molar-refractivity contribution in [1.82, 2.24) is 4.90 Å². The lowest BCUT2D eigenvalue weighted by Crippen LogP contribution is -2.59. The lowest BCUT2D eigenvalue weighted by molar-refractivity contribution is -0.139. The zero-order chi connectivity index (χ0) is 11.6. The Bertz CT molecular complexity index is 264. The average Bonchev–Trinajstić information content (AvgIpc) is 2.30. The smallest absolute Gasteiger partial charge is 0.242 e. The van der Waals surface area contributed by atoms with Crippen molar-refractivity contribution in [3.63, 3.8) is 0 Å². The van der Waals surface area contributed by atoms with Crippen LogP contribution in [0.3, 0.4) is 0 Å². The molecule has 1 heterocycles. The van der Waals surface area contributed by atoms with Crippen LogP contribution in [0.5, 0.6) is 0 Å². The minimum Gasteiger partial charge on any atom is -0.337 e. The summed E-state index contributed by atoms with van der Waals surface area (Å²) in [6.07, 6.45) is 5.21. The highest BCUT2D eigenvalue weighted by Crippen LogP contribution is 2.29. The van der Waals surface area contributed by atoms with E-state index in [0.29, 0.717) is 6.04 Å². The van der Waals surface area contributed by atoms with Gasteiger partial charge >= 0.3 is 0 Å². The number of nitrogens with zero attached hydrogens (tertiary/aromatic N) is 1. The van der Waals surface area contributed by atoms with E-state index in [2.05, 4.69) is 6.92 Å². The van der Waals surface area contributed by atoms with Gasteiger partial charge < -0.3 is 10.6 Å². The van der Waals surface area contributed by atoms with Crippen molar-refractivity contribution < 1.29 is 4.79 Å². The van der Waals surface area contributed by atoms with E-state index in [9.17, 15) is 4.79 Å². The first-order valence-electron chi connectivity index (χ1n) is 6.31. The highest BCUT2D eigenvalue weighted by molar-refractivity contribution is 7.99. The van der Waals surface area contributed by atoms with Crippen LogP contribution in [0, 0.1) is 0 Å². The second-order valence-electron chi connectivity index (χ2n) is 5.14. The van der Waals surface area contributed by atoms with Gasteiger partial charge in [0.2, 0.25) is 5.91 Å². The summed E-state index contributed by atoms with van der Waals surface area (Å²) in [6, 6.07) is 0.355. The Labute approximate surface area is 102 Å². The molecule has 16 heavy (non-hydrogen) atoms. The molecule has 2 fully saturated rings. The minimum atomic E-state index is -0.547. The standard InChI is InChI=1S/C12H22N2OS/c1-10-9-16-8-7-14(10)11(15)12(13)5-3-2-4-6-12/h10H,2-9,13H2,1H3. The van der Waals surface area contributed by atoms with Crippen molar-refractivity contribution in [2.45, 2.75) is 50.6 Å². The van der Waals surface area contributed by atoms with Crippen molar-refractivity contribution >= 4 is 17.7 Å². The monoisotopic (exact) mass is 242 g/mol. The lowest BCUT2D eigenvalue weighted by atomic mass is 9.81. The van der Waals surface area contributed by atoms with Crippen molar-refractivity contribution in [2.75, 3.05) is 18.1 Å². The molecule has 1 unspecified atom stereocenters. The molecular formula is C12H22N2OS. The largest absolute Gasteiger partial charge is 0.337 e. The molecule has 2 aliphatic rings. The third-order valence-electron chi connectivity index (χ3n) is 3.80. The minimum absolute atomic E-state index is 0.208. The summed E-state index contributed by atoms with van der Waals surface area (Å²) in [5.74, 6) is 2.33. The summed E-state index contributed by atoms with van der Waals surface area (Å²) in [7, 11) is 0. The van der Waals surface area contributed by atoms with E-state index in [4.69, 9.17) is 5.73 Å². The van der Waals surface area contributed by atoms with Gasteiger partial charge in [0.05, 0.1) is 5.54 Å². The van der Waals surface area contributed by atoms with Gasteiger partial charge in [0.15, 0.2) is 0 Å². The number of carbonyl (C=O) groups is 1. The Kier molecular flexibility index (Phi) is 3.80. The molecule has 1 atom stereocenters. The summed E-state index contributed by atoms with van der Waals surface area (Å²) >= 11 is 1.94. The van der Waals surface area contributed by atoms with Crippen LogP contribution in [0.25, 0.3) is 0 Å². The Morgan fingerprint density at radius 3 is 2.69 bits per heavy atom. The molecule has 1 amide bonds. The van der Waals surface area contributed by atoms with Crippen molar-refractivity contribution in [2.24, 2.45) is 5.73 Å². The van der Waals surface area contributed by atoms with Gasteiger partial charge in [-0.05, 0) is 19.8 Å². The second kappa shape index (κ2) is 4.96. The van der Waals surface area contributed by atoms with Crippen LogP contribution in [0.1, 0.15) is 39.0 Å². The molecule has 4 heteroatoms. The van der Waals surface area contributed by atoms with Gasteiger partial charge in [0.25, 0.3) is 0 Å². The number of carbonyl (C=O) groups excluding carboxylic acids is 1. The summed E-state index contributed by atoms with van der Waals surface area (Å²) in [6.45, 7) is 3.01. The van der Waals surface area contributed by atoms with E-state index in [1.165, 1.54) is 6.42 Å². The van der Waals surface area contributed by atoms with Gasteiger partial charge in [-0.25, -0.2) is 0 Å². The predicted molar refractivity (Wildman–Crippen MR) is 68.5 cm³/mol. The molecule has 2 N–H and O–H groups in total. The normalized spacial score (nSPS) is 30.1. The van der Waals surface area contributed by atoms with Crippen molar-refractivity contribution in [3.05, 3.63) is 0 Å². The Balaban J connectivity index is 2.04. The van der Waals surface area contributed by atoms with E-state index >= 15 is 0 Å². The molecule has 0 aromatic rings. The molecule has 0 aromatic carbocycles. The first kappa shape index (κ1) is 12.2. The number of amides is 1. The third-order valence-corrected chi connectivity index (χ3v) is 4.99. The van der Waals surface area contributed by atoms with Gasteiger partial charge in [-0.15, -0.1) is 0 Å². The van der Waals surface area contributed by atoms with Gasteiger partial charge in [-0.1, -0.05) is 19.3 Å². The molecule has 1 aliphatic heterocycles. The molecule has 3 nitrogen and oxygen atoms in total. The fourth-order valence-electron chi connectivity index (χ4n) is 2.71. The fraction of sp³-hybridized carbons (Fsp3) is 0.917. The van der Waals surface area contributed by atoms with E-state index in [-0.39, 0.29) is 5.91 Å². The molecule has 0 bridgehead atoms. The van der Waals surface area contributed by atoms with Gasteiger partial charge in [-0.2, -0.15) is 11.8 Å². The van der Waals surface area contributed by atoms with Gasteiger partial charge in [0.1, 0.15) is 0 Å². The number of hydrogen-bond donors (Lipinski definition) is 1. The quantitative estimate of drug-likeness (QED) is 0.760. The fourth-order valence-corrected chi connectivity index (χ4v) is 3.72. The van der Waals surface area contributed by atoms with E-state index in [1.54, 1.807) is 0 Å². The molecule has 1 aliphatic carbocycles. The molecule has 1 saturated carbocycles. The average molecular weight is 242 g/mol. The van der Waals surface area contributed by atoms with E-state index in [1.807, 2.05) is 16.7 Å². The number of thioether (sulfide) groups is 1. The third kappa shape index (κ3) is 2.38. The number of rotatable bonds is 1. The SMILES string of the molecule is CC1CSCCN1C(=O)C1(N)CCCCC1. The van der Waals surface area contributed by atoms with Crippen LogP contribution in [0.2, 0.25) is 0 Å². The first-order chi connectivity index (χ1) is 7.63. The number of hydrogen-bond acceptors (Lipinski definition) is 3. The molecule has 1 saturated heterocycles. The van der Waals surface area contributed by atoms with Crippen molar-refractivity contribution in [1.29, 1.82) is 0 Å². The lowest BCUT2D eigenvalue weighted by Gasteiger charge is -2.41. The summed E-state index contributed by atoms with van der Waals surface area (Å²) in [5.41, 5.74) is 5.75. The number of nitrogens with two attached hydrogens (primary N) is 1. The zero-order valence-electron chi connectivity index (χ0n) is 10.1. The van der Waals surface area contributed by atoms with Gasteiger partial charge in [-0.3, -0.25) is 4.79 Å². The van der Waals surface area contributed by atoms with E-state index < -0.39 is 5.54 Å². The van der Waals surface area contributed by atoms with Crippen LogP contribution in [-0.2, 0) is 4.79 Å². The molecule has 0 aromatic heterocycles. The molecular weight excluding hydrogens is 220 g/mol. The summed E-state index contributed by atoms with van der Waals surface area (Å²) in [5, 5.41) is 0. The van der Waals surface area contributed by atoms with Crippen LogP contribution in [0.15, 0.2) is 0 Å². The predicted octanol–water partition coefficient (Wildman–Crippen LogP) is 1.61. The molecule has 2 rings (SSSR count). The Morgan fingerprint density at radius 1 is 1.38 bits per heavy atom. The van der Waals surface area contributed by atoms with Crippen LogP contribution < -0.4 is 5.73 Å². The Morgan fingerprint density at radius 2 is 2.06 bits per heavy atom. The van der Waals surface area contributed by atoms with E-state index in [0.717, 1.165) is 43.7 Å². The summed E-state index contributed by atoms with van der Waals surface area (Å²) < 4.78 is 0. The maximum Gasteiger partial charge on any atom is 0.242 e. The molecule has 0 spiro atoms. The van der Waals surface area contributed by atoms with Crippen LogP contribution in [-0.4, -0.2) is 40.4 Å². The highest BCUT2D eigenvalue weighted by Gasteiger charge is 2.40. The van der Waals surface area contributed by atoms with Crippen molar-refractivity contribution in [3.8, 4) is 0 Å². The van der Waals surface area contributed by atoms with Gasteiger partial charge in [0, 0.05) is 24.1 Å². The van der Waals surface area contributed by atoms with Crippen LogP contribution in [0.4, 0.5) is 0 Å². The second-order valence-corrected chi connectivity index (χ2v) is 6.29. The zero-order valence-corrected chi connectivity index (χ0v) is 10.9. The molecule has 0 radical (unpaired) electrons. The first-order valence-corrected chi connectivity index (χ1v) is 7.47. The summed E-state index contributed by atoms with van der Waals surface area (Å²) in [4.78, 5) is 14.5. The Hall–Kier alpha value is -0.220. The molecule has 92 valence electrons.